The summed E-state index contributed by atoms with van der Waals surface area (Å²) in [6.45, 7) is 0. The van der Waals surface area contributed by atoms with E-state index in [1.54, 1.807) is 24.3 Å². The second kappa shape index (κ2) is 5.30. The molecule has 0 amide bonds. The second-order valence-electron chi connectivity index (χ2n) is 3.47. The van der Waals surface area contributed by atoms with Gasteiger partial charge in [-0.15, -0.1) is 0 Å². The van der Waals surface area contributed by atoms with Gasteiger partial charge in [0, 0.05) is 0 Å². The summed E-state index contributed by atoms with van der Waals surface area (Å²) in [6.07, 6.45) is 0. The first-order chi connectivity index (χ1) is 7.58. The first-order valence-corrected chi connectivity index (χ1v) is 5.44. The quantitative estimate of drug-likeness (QED) is 0.751. The van der Waals surface area contributed by atoms with Crippen LogP contribution in [0.15, 0.2) is 36.4 Å². The number of benzene rings is 2. The van der Waals surface area contributed by atoms with Gasteiger partial charge in [-0.25, -0.2) is 0 Å². The first-order valence-electron chi connectivity index (χ1n) is 4.68. The molecule has 0 saturated heterocycles. The van der Waals surface area contributed by atoms with Crippen molar-refractivity contribution >= 4 is 34.6 Å². The van der Waals surface area contributed by atoms with E-state index in [1.165, 1.54) is 0 Å². The van der Waals surface area contributed by atoms with Gasteiger partial charge < -0.3 is 11.5 Å². The van der Waals surface area contributed by atoms with Crippen LogP contribution in [0.5, 0.6) is 0 Å². The van der Waals surface area contributed by atoms with Gasteiger partial charge in [0.15, 0.2) is 0 Å². The standard InChI is InChI=1S/C12H10Cl2N2.CH4/c13-9-5-7(1-3-11(9)15)8-2-4-12(16)10(14)6-8;/h1-6H,15-16H2;1H4. The van der Waals surface area contributed by atoms with Gasteiger partial charge in [-0.05, 0) is 35.4 Å². The maximum atomic E-state index is 5.95. The molecule has 90 valence electrons. The van der Waals surface area contributed by atoms with E-state index in [2.05, 4.69) is 0 Å². The van der Waals surface area contributed by atoms with E-state index >= 15 is 0 Å². The molecule has 2 aromatic carbocycles. The zero-order valence-electron chi connectivity index (χ0n) is 8.37. The van der Waals surface area contributed by atoms with Crippen molar-refractivity contribution in [1.29, 1.82) is 0 Å². The van der Waals surface area contributed by atoms with Gasteiger partial charge in [0.25, 0.3) is 0 Å². The van der Waals surface area contributed by atoms with Crippen LogP contribution in [-0.4, -0.2) is 0 Å². The van der Waals surface area contributed by atoms with Crippen molar-refractivity contribution in [1.82, 2.24) is 0 Å². The largest absolute Gasteiger partial charge is 0.398 e. The molecule has 4 heteroatoms. The SMILES string of the molecule is C.Nc1ccc(-c2ccc(N)c(Cl)c2)cc1Cl. The van der Waals surface area contributed by atoms with Gasteiger partial charge in [0.05, 0.1) is 21.4 Å². The van der Waals surface area contributed by atoms with E-state index in [-0.39, 0.29) is 7.43 Å². The average Bonchev–Trinajstić information content (AvgIpc) is 2.26. The lowest BCUT2D eigenvalue weighted by atomic mass is 10.1. The van der Waals surface area contributed by atoms with Gasteiger partial charge in [0.1, 0.15) is 0 Å². The van der Waals surface area contributed by atoms with Crippen LogP contribution in [0.25, 0.3) is 11.1 Å². The maximum Gasteiger partial charge on any atom is 0.0641 e. The molecule has 2 aromatic rings. The Hall–Kier alpha value is -1.38. The van der Waals surface area contributed by atoms with E-state index in [0.29, 0.717) is 21.4 Å². The molecule has 0 aliphatic rings. The maximum absolute atomic E-state index is 5.95. The Morgan fingerprint density at radius 2 is 1.06 bits per heavy atom. The smallest absolute Gasteiger partial charge is 0.0641 e. The third-order valence-electron chi connectivity index (χ3n) is 2.33. The monoisotopic (exact) mass is 268 g/mol. The topological polar surface area (TPSA) is 52.0 Å². The Kier molecular flexibility index (Phi) is 4.27. The highest BCUT2D eigenvalue weighted by atomic mass is 35.5. The van der Waals surface area contributed by atoms with Gasteiger partial charge in [0.2, 0.25) is 0 Å². The van der Waals surface area contributed by atoms with Gasteiger partial charge in [-0.2, -0.15) is 0 Å². The zero-order valence-corrected chi connectivity index (χ0v) is 9.89. The van der Waals surface area contributed by atoms with Crippen molar-refractivity contribution in [2.24, 2.45) is 0 Å². The molecule has 2 nitrogen and oxygen atoms in total. The number of anilines is 2. The van der Waals surface area contributed by atoms with Gasteiger partial charge in [-0.1, -0.05) is 42.8 Å². The zero-order chi connectivity index (χ0) is 11.7. The van der Waals surface area contributed by atoms with Crippen LogP contribution in [0.1, 0.15) is 7.43 Å². The molecule has 0 atom stereocenters. The molecule has 0 heterocycles. The van der Waals surface area contributed by atoms with Crippen molar-refractivity contribution in [2.45, 2.75) is 7.43 Å². The lowest BCUT2D eigenvalue weighted by Gasteiger charge is -2.06. The predicted molar refractivity (Wildman–Crippen MR) is 77.5 cm³/mol. The average molecular weight is 269 g/mol. The minimum absolute atomic E-state index is 0. The number of rotatable bonds is 1. The lowest BCUT2D eigenvalue weighted by molar-refractivity contribution is 1.61. The van der Waals surface area contributed by atoms with Crippen molar-refractivity contribution in [3.05, 3.63) is 46.4 Å². The fourth-order valence-corrected chi connectivity index (χ4v) is 1.77. The number of nitrogen functional groups attached to an aromatic ring is 2. The molecule has 4 N–H and O–H groups in total. The molecule has 0 saturated carbocycles. The van der Waals surface area contributed by atoms with Gasteiger partial charge in [-0.3, -0.25) is 0 Å². The Bertz CT molecular complexity index is 489. The molecule has 0 spiro atoms. The van der Waals surface area contributed by atoms with Crippen molar-refractivity contribution < 1.29 is 0 Å². The number of hydrogen-bond acceptors (Lipinski definition) is 2. The summed E-state index contributed by atoms with van der Waals surface area (Å²) < 4.78 is 0. The summed E-state index contributed by atoms with van der Waals surface area (Å²) >= 11 is 11.9. The van der Waals surface area contributed by atoms with E-state index in [0.717, 1.165) is 11.1 Å². The van der Waals surface area contributed by atoms with Crippen molar-refractivity contribution in [3.63, 3.8) is 0 Å². The fourth-order valence-electron chi connectivity index (χ4n) is 1.41. The number of halogens is 2. The van der Waals surface area contributed by atoms with E-state index < -0.39 is 0 Å². The summed E-state index contributed by atoms with van der Waals surface area (Å²) in [6, 6.07) is 10.9. The van der Waals surface area contributed by atoms with Crippen LogP contribution in [-0.2, 0) is 0 Å². The summed E-state index contributed by atoms with van der Waals surface area (Å²) in [4.78, 5) is 0. The van der Waals surface area contributed by atoms with Gasteiger partial charge >= 0.3 is 0 Å². The summed E-state index contributed by atoms with van der Waals surface area (Å²) in [5.74, 6) is 0. The van der Waals surface area contributed by atoms with Crippen LogP contribution in [0.3, 0.4) is 0 Å². The van der Waals surface area contributed by atoms with Crippen LogP contribution < -0.4 is 11.5 Å². The Morgan fingerprint density at radius 3 is 1.35 bits per heavy atom. The second-order valence-corrected chi connectivity index (χ2v) is 4.29. The Balaban J connectivity index is 0.00000144. The summed E-state index contributed by atoms with van der Waals surface area (Å²) in [7, 11) is 0. The molecular formula is C13H14Cl2N2. The normalized spacial score (nSPS) is 9.76. The van der Waals surface area contributed by atoms with Crippen molar-refractivity contribution in [3.8, 4) is 11.1 Å². The van der Waals surface area contributed by atoms with E-state index in [9.17, 15) is 0 Å². The Morgan fingerprint density at radius 1 is 0.706 bits per heavy atom. The molecule has 0 bridgehead atoms. The van der Waals surface area contributed by atoms with Crippen LogP contribution >= 0.6 is 23.2 Å². The number of nitrogens with two attached hydrogens (primary N) is 2. The molecule has 2 rings (SSSR count). The molecule has 0 aliphatic carbocycles. The number of hydrogen-bond donors (Lipinski definition) is 2. The molecular weight excluding hydrogens is 255 g/mol. The van der Waals surface area contributed by atoms with Crippen LogP contribution in [0.4, 0.5) is 11.4 Å². The minimum Gasteiger partial charge on any atom is -0.398 e. The summed E-state index contributed by atoms with van der Waals surface area (Å²) in [5, 5.41) is 1.07. The lowest BCUT2D eigenvalue weighted by Crippen LogP contribution is -1.88. The predicted octanol–water partition coefficient (Wildman–Crippen LogP) is 4.46. The van der Waals surface area contributed by atoms with E-state index in [1.807, 2.05) is 12.1 Å². The highest BCUT2D eigenvalue weighted by molar-refractivity contribution is 6.34. The highest BCUT2D eigenvalue weighted by Gasteiger charge is 2.03. The molecule has 0 fully saturated rings. The van der Waals surface area contributed by atoms with Crippen molar-refractivity contribution in [2.75, 3.05) is 11.5 Å². The Labute approximate surface area is 111 Å². The summed E-state index contributed by atoms with van der Waals surface area (Å²) in [5.41, 5.74) is 14.3. The fraction of sp³-hybridized carbons (Fsp3) is 0.0769. The third-order valence-corrected chi connectivity index (χ3v) is 2.99. The van der Waals surface area contributed by atoms with E-state index in [4.69, 9.17) is 34.7 Å². The van der Waals surface area contributed by atoms with Crippen LogP contribution in [0, 0.1) is 0 Å². The molecule has 17 heavy (non-hydrogen) atoms. The molecule has 0 unspecified atom stereocenters. The third kappa shape index (κ3) is 2.84. The first kappa shape index (κ1) is 13.7. The highest BCUT2D eigenvalue weighted by Crippen LogP contribution is 2.30. The molecule has 0 aliphatic heterocycles. The minimum atomic E-state index is 0. The molecule has 0 radical (unpaired) electrons. The molecule has 0 aromatic heterocycles. The van der Waals surface area contributed by atoms with Crippen LogP contribution in [0.2, 0.25) is 10.0 Å².